The number of hydroxylamine groups is 1. The molecule has 0 fully saturated rings. The second kappa shape index (κ2) is 4.58. The van der Waals surface area contributed by atoms with Crippen molar-refractivity contribution in [2.45, 2.75) is 26.3 Å². The van der Waals surface area contributed by atoms with Gasteiger partial charge in [0.1, 0.15) is 6.61 Å². The molecule has 0 aliphatic carbocycles. The van der Waals surface area contributed by atoms with Crippen LogP contribution in [0.15, 0.2) is 10.3 Å². The number of carbonyl (C=O) groups is 1. The standard InChI is InChI=1S/C9H16N4O3/c1-5-16-11-7(3)9(12-15)6(2)10-13(4)8(9)14/h12,15H,5H2,1-4H3. The van der Waals surface area contributed by atoms with E-state index in [1.54, 1.807) is 20.8 Å². The highest BCUT2D eigenvalue weighted by atomic mass is 16.6. The molecule has 7 heteroatoms. The first-order valence-electron chi connectivity index (χ1n) is 4.92. The van der Waals surface area contributed by atoms with Crippen molar-refractivity contribution in [3.05, 3.63) is 0 Å². The van der Waals surface area contributed by atoms with E-state index in [1.165, 1.54) is 7.05 Å². The second-order valence-electron chi connectivity index (χ2n) is 3.47. The monoisotopic (exact) mass is 228 g/mol. The second-order valence-corrected chi connectivity index (χ2v) is 3.47. The Morgan fingerprint density at radius 2 is 2.38 bits per heavy atom. The molecule has 0 saturated carbocycles. The minimum atomic E-state index is -1.40. The topological polar surface area (TPSA) is 86.5 Å². The molecular formula is C9H16N4O3. The smallest absolute Gasteiger partial charge is 0.276 e. The molecule has 0 radical (unpaired) electrons. The Morgan fingerprint density at radius 1 is 1.75 bits per heavy atom. The van der Waals surface area contributed by atoms with E-state index >= 15 is 0 Å². The predicted octanol–water partition coefficient (Wildman–Crippen LogP) is -0.0357. The lowest BCUT2D eigenvalue weighted by molar-refractivity contribution is -0.133. The zero-order valence-corrected chi connectivity index (χ0v) is 9.81. The van der Waals surface area contributed by atoms with Crippen molar-refractivity contribution in [2.75, 3.05) is 13.7 Å². The number of rotatable bonds is 4. The van der Waals surface area contributed by atoms with Crippen LogP contribution in [-0.2, 0) is 9.63 Å². The summed E-state index contributed by atoms with van der Waals surface area (Å²) in [6.45, 7) is 5.39. The summed E-state index contributed by atoms with van der Waals surface area (Å²) >= 11 is 0. The zero-order chi connectivity index (χ0) is 12.3. The molecule has 16 heavy (non-hydrogen) atoms. The number of amides is 1. The number of oxime groups is 1. The molecule has 0 bridgehead atoms. The number of nitrogens with one attached hydrogen (secondary N) is 1. The van der Waals surface area contributed by atoms with E-state index < -0.39 is 11.4 Å². The van der Waals surface area contributed by atoms with Crippen LogP contribution < -0.4 is 5.48 Å². The number of nitrogens with zero attached hydrogens (tertiary/aromatic N) is 3. The van der Waals surface area contributed by atoms with E-state index in [0.717, 1.165) is 5.01 Å². The van der Waals surface area contributed by atoms with Crippen LogP contribution in [0.5, 0.6) is 0 Å². The number of likely N-dealkylation sites (N-methyl/N-ethyl adjacent to an activating group) is 1. The van der Waals surface area contributed by atoms with Crippen molar-refractivity contribution < 1.29 is 14.8 Å². The molecule has 0 aromatic rings. The fraction of sp³-hybridized carbons (Fsp3) is 0.667. The maximum absolute atomic E-state index is 11.9. The van der Waals surface area contributed by atoms with E-state index in [9.17, 15) is 10.0 Å². The van der Waals surface area contributed by atoms with Gasteiger partial charge in [-0.15, -0.1) is 0 Å². The van der Waals surface area contributed by atoms with Gasteiger partial charge in [0.2, 0.25) is 5.54 Å². The van der Waals surface area contributed by atoms with Crippen LogP contribution in [-0.4, -0.2) is 46.7 Å². The Labute approximate surface area is 93.7 Å². The van der Waals surface area contributed by atoms with Gasteiger partial charge in [-0.1, -0.05) is 5.16 Å². The quantitative estimate of drug-likeness (QED) is 0.522. The van der Waals surface area contributed by atoms with Gasteiger partial charge in [-0.25, -0.2) is 5.01 Å². The SMILES string of the molecule is CCON=C(C)C1(NO)C(=O)N(C)N=C1C. The van der Waals surface area contributed by atoms with Crippen molar-refractivity contribution in [1.29, 1.82) is 0 Å². The van der Waals surface area contributed by atoms with Crippen molar-refractivity contribution >= 4 is 17.3 Å². The van der Waals surface area contributed by atoms with Crippen LogP contribution in [0.2, 0.25) is 0 Å². The maximum atomic E-state index is 11.9. The fourth-order valence-corrected chi connectivity index (χ4v) is 1.60. The Kier molecular flexibility index (Phi) is 3.61. The van der Waals surface area contributed by atoms with Crippen molar-refractivity contribution in [3.63, 3.8) is 0 Å². The summed E-state index contributed by atoms with van der Waals surface area (Å²) in [4.78, 5) is 16.8. The lowest BCUT2D eigenvalue weighted by Gasteiger charge is -2.24. The first-order valence-corrected chi connectivity index (χ1v) is 4.92. The highest BCUT2D eigenvalue weighted by Gasteiger charge is 2.51. The lowest BCUT2D eigenvalue weighted by Crippen LogP contribution is -2.60. The molecule has 1 atom stereocenters. The minimum Gasteiger partial charge on any atom is -0.396 e. The van der Waals surface area contributed by atoms with Gasteiger partial charge in [-0.3, -0.25) is 4.79 Å². The van der Waals surface area contributed by atoms with Gasteiger partial charge in [0.05, 0.1) is 11.4 Å². The van der Waals surface area contributed by atoms with Crippen molar-refractivity contribution in [2.24, 2.45) is 10.3 Å². The third-order valence-corrected chi connectivity index (χ3v) is 2.50. The molecule has 2 N–H and O–H groups in total. The molecule has 0 spiro atoms. The fourth-order valence-electron chi connectivity index (χ4n) is 1.60. The van der Waals surface area contributed by atoms with Crippen LogP contribution >= 0.6 is 0 Å². The Balaban J connectivity index is 3.12. The molecule has 7 nitrogen and oxygen atoms in total. The summed E-state index contributed by atoms with van der Waals surface area (Å²) in [6.07, 6.45) is 0. The summed E-state index contributed by atoms with van der Waals surface area (Å²) in [6, 6.07) is 0. The largest absolute Gasteiger partial charge is 0.396 e. The van der Waals surface area contributed by atoms with Gasteiger partial charge in [-0.2, -0.15) is 10.6 Å². The van der Waals surface area contributed by atoms with Gasteiger partial charge in [0.25, 0.3) is 5.91 Å². The summed E-state index contributed by atoms with van der Waals surface area (Å²) in [5, 5.41) is 18.1. The molecule has 1 aliphatic rings. The van der Waals surface area contributed by atoms with E-state index in [0.29, 0.717) is 18.0 Å². The van der Waals surface area contributed by atoms with E-state index in [2.05, 4.69) is 10.3 Å². The van der Waals surface area contributed by atoms with E-state index in [1.807, 2.05) is 5.48 Å². The van der Waals surface area contributed by atoms with Gasteiger partial charge >= 0.3 is 0 Å². The van der Waals surface area contributed by atoms with Crippen LogP contribution in [0.3, 0.4) is 0 Å². The average molecular weight is 228 g/mol. The van der Waals surface area contributed by atoms with Gasteiger partial charge in [0, 0.05) is 7.05 Å². The molecule has 1 heterocycles. The summed E-state index contributed by atoms with van der Waals surface area (Å²) in [7, 11) is 1.51. The summed E-state index contributed by atoms with van der Waals surface area (Å²) in [5.41, 5.74) is 1.32. The van der Waals surface area contributed by atoms with Crippen molar-refractivity contribution in [3.8, 4) is 0 Å². The Hall–Kier alpha value is -1.47. The molecule has 1 unspecified atom stereocenters. The van der Waals surface area contributed by atoms with Crippen LogP contribution in [0, 0.1) is 0 Å². The molecular weight excluding hydrogens is 212 g/mol. The Morgan fingerprint density at radius 3 is 2.75 bits per heavy atom. The third-order valence-electron chi connectivity index (χ3n) is 2.50. The normalized spacial score (nSPS) is 26.1. The van der Waals surface area contributed by atoms with Gasteiger partial charge < -0.3 is 10.0 Å². The first-order chi connectivity index (χ1) is 7.50. The molecule has 0 aromatic carbocycles. The van der Waals surface area contributed by atoms with Crippen LogP contribution in [0.25, 0.3) is 0 Å². The molecule has 0 aromatic heterocycles. The number of carbonyl (C=O) groups excluding carboxylic acids is 1. The predicted molar refractivity (Wildman–Crippen MR) is 58.3 cm³/mol. The highest BCUT2D eigenvalue weighted by molar-refractivity contribution is 6.32. The lowest BCUT2D eigenvalue weighted by atomic mass is 9.90. The number of hydrogen-bond acceptors (Lipinski definition) is 6. The minimum absolute atomic E-state index is 0.312. The van der Waals surface area contributed by atoms with Crippen LogP contribution in [0.1, 0.15) is 20.8 Å². The van der Waals surface area contributed by atoms with E-state index in [4.69, 9.17) is 4.84 Å². The van der Waals surface area contributed by atoms with Gasteiger partial charge in [-0.05, 0) is 20.8 Å². The molecule has 1 amide bonds. The third kappa shape index (κ3) is 1.68. The summed E-state index contributed by atoms with van der Waals surface area (Å²) in [5.74, 6) is -0.395. The van der Waals surface area contributed by atoms with Crippen molar-refractivity contribution in [1.82, 2.24) is 10.5 Å². The van der Waals surface area contributed by atoms with Crippen LogP contribution in [0.4, 0.5) is 0 Å². The average Bonchev–Trinajstić information content (AvgIpc) is 2.48. The molecule has 1 rings (SSSR count). The number of hydrazone groups is 1. The van der Waals surface area contributed by atoms with Gasteiger partial charge in [0.15, 0.2) is 0 Å². The molecule has 0 saturated heterocycles. The summed E-state index contributed by atoms with van der Waals surface area (Å²) < 4.78 is 0. The first kappa shape index (κ1) is 12.6. The molecule has 1 aliphatic heterocycles. The zero-order valence-electron chi connectivity index (χ0n) is 9.81. The Bertz CT molecular complexity index is 353. The maximum Gasteiger partial charge on any atom is 0.276 e. The molecule has 90 valence electrons. The number of hydrogen-bond donors (Lipinski definition) is 2. The van der Waals surface area contributed by atoms with E-state index in [-0.39, 0.29) is 0 Å². The highest BCUT2D eigenvalue weighted by Crippen LogP contribution is 2.21.